The predicted octanol–water partition coefficient (Wildman–Crippen LogP) is -0.0327. The van der Waals surface area contributed by atoms with Crippen molar-refractivity contribution in [3.63, 3.8) is 0 Å². The second kappa shape index (κ2) is 8.60. The summed E-state index contributed by atoms with van der Waals surface area (Å²) in [6.07, 6.45) is 3.04. The van der Waals surface area contributed by atoms with Crippen molar-refractivity contribution in [2.75, 3.05) is 27.4 Å². The highest BCUT2D eigenvalue weighted by atomic mass is 16.5. The first-order valence-corrected chi connectivity index (χ1v) is 5.94. The van der Waals surface area contributed by atoms with Crippen LogP contribution in [0.3, 0.4) is 0 Å². The minimum atomic E-state index is -0.247. The molecule has 0 aromatic carbocycles. The summed E-state index contributed by atoms with van der Waals surface area (Å²) in [6.45, 7) is 2.47. The van der Waals surface area contributed by atoms with Crippen LogP contribution in [-0.4, -0.2) is 48.3 Å². The molecule has 7 nitrogen and oxygen atoms in total. The van der Waals surface area contributed by atoms with Crippen LogP contribution in [0.5, 0.6) is 0 Å². The second-order valence-corrected chi connectivity index (χ2v) is 3.80. The summed E-state index contributed by atoms with van der Waals surface area (Å²) in [4.78, 5) is 10.8. The van der Waals surface area contributed by atoms with Crippen molar-refractivity contribution in [2.24, 2.45) is 0 Å². The molecule has 0 aliphatic heterocycles. The Morgan fingerprint density at radius 2 is 2.33 bits per heavy atom. The molecular formula is C11H20N4O3. The molecule has 7 heteroatoms. The molecular weight excluding hydrogens is 236 g/mol. The SMILES string of the molecule is CNCc1cn(CCCOCCC(=O)OC)nn1. The highest BCUT2D eigenvalue weighted by Gasteiger charge is 2.01. The first-order chi connectivity index (χ1) is 8.76. The van der Waals surface area contributed by atoms with Gasteiger partial charge in [0.2, 0.25) is 0 Å². The summed E-state index contributed by atoms with van der Waals surface area (Å²) in [7, 11) is 3.24. The van der Waals surface area contributed by atoms with Crippen molar-refractivity contribution in [1.82, 2.24) is 20.3 Å². The summed E-state index contributed by atoms with van der Waals surface area (Å²) in [6, 6.07) is 0. The summed E-state index contributed by atoms with van der Waals surface area (Å²) in [5, 5.41) is 11.0. The molecule has 18 heavy (non-hydrogen) atoms. The van der Waals surface area contributed by atoms with E-state index in [1.807, 2.05) is 13.2 Å². The van der Waals surface area contributed by atoms with Crippen molar-refractivity contribution in [1.29, 1.82) is 0 Å². The zero-order chi connectivity index (χ0) is 13.2. The monoisotopic (exact) mass is 256 g/mol. The van der Waals surface area contributed by atoms with Gasteiger partial charge in [0.25, 0.3) is 0 Å². The number of carbonyl (C=O) groups is 1. The van der Waals surface area contributed by atoms with E-state index in [9.17, 15) is 4.79 Å². The Bertz CT molecular complexity index is 354. The van der Waals surface area contributed by atoms with E-state index in [1.165, 1.54) is 7.11 Å². The van der Waals surface area contributed by atoms with E-state index in [4.69, 9.17) is 4.74 Å². The number of esters is 1. The van der Waals surface area contributed by atoms with E-state index in [0.717, 1.165) is 25.2 Å². The van der Waals surface area contributed by atoms with Gasteiger partial charge in [-0.05, 0) is 13.5 Å². The Kier molecular flexibility index (Phi) is 6.97. The first-order valence-electron chi connectivity index (χ1n) is 5.94. The van der Waals surface area contributed by atoms with Gasteiger partial charge in [0, 0.05) is 25.9 Å². The smallest absolute Gasteiger partial charge is 0.307 e. The van der Waals surface area contributed by atoms with E-state index < -0.39 is 0 Å². The zero-order valence-electron chi connectivity index (χ0n) is 10.9. The lowest BCUT2D eigenvalue weighted by Gasteiger charge is -2.03. The largest absolute Gasteiger partial charge is 0.469 e. The molecule has 0 fully saturated rings. The van der Waals surface area contributed by atoms with Crippen LogP contribution in [0.2, 0.25) is 0 Å². The van der Waals surface area contributed by atoms with Crippen LogP contribution in [-0.2, 0) is 27.4 Å². The van der Waals surface area contributed by atoms with Gasteiger partial charge in [0.1, 0.15) is 0 Å². The van der Waals surface area contributed by atoms with Gasteiger partial charge < -0.3 is 14.8 Å². The molecule has 0 atom stereocenters. The van der Waals surface area contributed by atoms with E-state index >= 15 is 0 Å². The molecule has 0 saturated heterocycles. The molecule has 0 aliphatic carbocycles. The molecule has 0 unspecified atom stereocenters. The number of ether oxygens (including phenoxy) is 2. The molecule has 0 spiro atoms. The van der Waals surface area contributed by atoms with Gasteiger partial charge in [0.15, 0.2) is 0 Å². The molecule has 0 bridgehead atoms. The highest BCUT2D eigenvalue weighted by Crippen LogP contribution is 1.95. The fourth-order valence-corrected chi connectivity index (χ4v) is 1.40. The van der Waals surface area contributed by atoms with Crippen molar-refractivity contribution < 1.29 is 14.3 Å². The lowest BCUT2D eigenvalue weighted by atomic mass is 10.4. The van der Waals surface area contributed by atoms with Crippen molar-refractivity contribution >= 4 is 5.97 Å². The van der Waals surface area contributed by atoms with Crippen LogP contribution in [0, 0.1) is 0 Å². The van der Waals surface area contributed by atoms with Crippen molar-refractivity contribution in [3.8, 4) is 0 Å². The van der Waals surface area contributed by atoms with Gasteiger partial charge in [-0.2, -0.15) is 0 Å². The van der Waals surface area contributed by atoms with Crippen LogP contribution in [0.15, 0.2) is 6.20 Å². The van der Waals surface area contributed by atoms with E-state index in [0.29, 0.717) is 19.6 Å². The highest BCUT2D eigenvalue weighted by molar-refractivity contribution is 5.69. The summed E-state index contributed by atoms with van der Waals surface area (Å²) < 4.78 is 11.6. The molecule has 1 aromatic rings. The van der Waals surface area contributed by atoms with E-state index in [2.05, 4.69) is 20.4 Å². The second-order valence-electron chi connectivity index (χ2n) is 3.80. The number of hydrogen-bond donors (Lipinski definition) is 1. The lowest BCUT2D eigenvalue weighted by molar-refractivity contribution is -0.141. The maximum atomic E-state index is 10.8. The number of nitrogens with zero attached hydrogens (tertiary/aromatic N) is 3. The van der Waals surface area contributed by atoms with Gasteiger partial charge in [-0.1, -0.05) is 5.21 Å². The molecule has 0 radical (unpaired) electrons. The van der Waals surface area contributed by atoms with E-state index in [-0.39, 0.29) is 5.97 Å². The number of methoxy groups -OCH3 is 1. The number of carbonyl (C=O) groups excluding carboxylic acids is 1. The number of aromatic nitrogens is 3. The summed E-state index contributed by atoms with van der Waals surface area (Å²) in [5.41, 5.74) is 0.920. The number of hydrogen-bond acceptors (Lipinski definition) is 6. The van der Waals surface area contributed by atoms with Gasteiger partial charge in [-0.25, -0.2) is 0 Å². The Hall–Kier alpha value is -1.47. The Morgan fingerprint density at radius 1 is 1.50 bits per heavy atom. The fraction of sp³-hybridized carbons (Fsp3) is 0.727. The van der Waals surface area contributed by atoms with Crippen molar-refractivity contribution in [3.05, 3.63) is 11.9 Å². The summed E-state index contributed by atoms with van der Waals surface area (Å²) in [5.74, 6) is -0.247. The molecule has 0 saturated carbocycles. The summed E-state index contributed by atoms with van der Waals surface area (Å²) >= 11 is 0. The maximum Gasteiger partial charge on any atom is 0.307 e. The minimum absolute atomic E-state index is 0.247. The van der Waals surface area contributed by atoms with Crippen LogP contribution in [0.4, 0.5) is 0 Å². The third-order valence-corrected chi connectivity index (χ3v) is 2.30. The zero-order valence-corrected chi connectivity index (χ0v) is 10.9. The predicted molar refractivity (Wildman–Crippen MR) is 64.9 cm³/mol. The standard InChI is InChI=1S/C11H20N4O3/c1-12-8-10-9-15(14-13-10)5-3-6-18-7-4-11(16)17-2/h9,12H,3-8H2,1-2H3. The van der Waals surface area contributed by atoms with Crippen LogP contribution < -0.4 is 5.32 Å². The van der Waals surface area contributed by atoms with Gasteiger partial charge in [0.05, 0.1) is 25.8 Å². The topological polar surface area (TPSA) is 78.3 Å². The molecule has 102 valence electrons. The van der Waals surface area contributed by atoms with Crippen LogP contribution >= 0.6 is 0 Å². The first kappa shape index (κ1) is 14.6. The molecule has 0 amide bonds. The third-order valence-electron chi connectivity index (χ3n) is 2.30. The van der Waals surface area contributed by atoms with Gasteiger partial charge >= 0.3 is 5.97 Å². The van der Waals surface area contributed by atoms with Crippen LogP contribution in [0.25, 0.3) is 0 Å². The number of rotatable bonds is 9. The van der Waals surface area contributed by atoms with E-state index in [1.54, 1.807) is 4.68 Å². The molecule has 1 N–H and O–H groups in total. The minimum Gasteiger partial charge on any atom is -0.469 e. The fourth-order valence-electron chi connectivity index (χ4n) is 1.40. The Morgan fingerprint density at radius 3 is 3.06 bits per heavy atom. The van der Waals surface area contributed by atoms with Gasteiger partial charge in [-0.15, -0.1) is 5.10 Å². The Labute approximate surface area is 106 Å². The average molecular weight is 256 g/mol. The van der Waals surface area contributed by atoms with Crippen molar-refractivity contribution in [2.45, 2.75) is 25.9 Å². The molecule has 1 heterocycles. The average Bonchev–Trinajstić information content (AvgIpc) is 2.81. The number of nitrogens with one attached hydrogen (secondary N) is 1. The molecule has 1 aromatic heterocycles. The van der Waals surface area contributed by atoms with Crippen LogP contribution in [0.1, 0.15) is 18.5 Å². The maximum absolute atomic E-state index is 10.8. The quantitative estimate of drug-likeness (QED) is 0.493. The Balaban J connectivity index is 2.05. The lowest BCUT2D eigenvalue weighted by Crippen LogP contribution is -2.08. The normalized spacial score (nSPS) is 10.6. The molecule has 0 aliphatic rings. The molecule has 1 rings (SSSR count). The van der Waals surface area contributed by atoms with Gasteiger partial charge in [-0.3, -0.25) is 9.48 Å². The number of aryl methyl sites for hydroxylation is 1. The third kappa shape index (κ3) is 5.74.